The van der Waals surface area contributed by atoms with E-state index >= 15 is 0 Å². The maximum atomic E-state index is 14.1. The van der Waals surface area contributed by atoms with Gasteiger partial charge in [-0.1, -0.05) is 39.0 Å². The third kappa shape index (κ3) is 22.9. The molecule has 0 bridgehead atoms. The first-order chi connectivity index (χ1) is 36.6. The Morgan fingerprint density at radius 1 is 0.649 bits per heavy atom. The van der Waals surface area contributed by atoms with Crippen molar-refractivity contribution < 1.29 is 117 Å². The first-order valence-corrected chi connectivity index (χ1v) is 24.5. The second-order valence-corrected chi connectivity index (χ2v) is 18.5. The molecular weight excluding hydrogens is 1060 g/mol. The number of nitrogens with zero attached hydrogens (tertiary/aromatic N) is 7. The van der Waals surface area contributed by atoms with Gasteiger partial charge >= 0.3 is 12.3 Å². The molecule has 77 heavy (non-hydrogen) atoms. The average Bonchev–Trinajstić information content (AvgIpc) is 3.39. The lowest BCUT2D eigenvalue weighted by atomic mass is 9.88. The lowest BCUT2D eigenvalue weighted by Gasteiger charge is -2.21. The average molecular weight is 1120 g/mol. The molecule has 4 rings (SSSR count). The summed E-state index contributed by atoms with van der Waals surface area (Å²) in [4.78, 5) is 57.6. The normalized spacial score (nSPS) is 13.1. The van der Waals surface area contributed by atoms with Crippen LogP contribution in [0.2, 0.25) is 0 Å². The van der Waals surface area contributed by atoms with E-state index in [1.807, 2.05) is 20.8 Å². The highest BCUT2D eigenvalue weighted by molar-refractivity contribution is 7.92. The number of carbonyl (C=O) groups excluding carboxylic acids is 2. The van der Waals surface area contributed by atoms with E-state index in [1.54, 1.807) is 48.5 Å². The molecule has 3 unspecified atom stereocenters. The highest BCUT2D eigenvalue weighted by Crippen LogP contribution is 2.42. The molecule has 32 nitrogen and oxygen atoms in total. The van der Waals surface area contributed by atoms with Crippen molar-refractivity contribution in [2.24, 2.45) is 0 Å². The van der Waals surface area contributed by atoms with Crippen LogP contribution in [-0.4, -0.2) is 171 Å². The van der Waals surface area contributed by atoms with Gasteiger partial charge in [0.15, 0.2) is 34.3 Å². The van der Waals surface area contributed by atoms with E-state index in [-0.39, 0.29) is 79.5 Å². The Morgan fingerprint density at radius 3 is 1.75 bits per heavy atom. The predicted octanol–water partition coefficient (Wildman–Crippen LogP) is 5.63. The molecule has 2 aromatic carbocycles. The van der Waals surface area contributed by atoms with Gasteiger partial charge in [-0.15, -0.1) is 0 Å². The van der Waals surface area contributed by atoms with E-state index in [0.717, 1.165) is 5.56 Å². The first kappa shape index (κ1) is 63.1. The second kappa shape index (κ2) is 31.7. The van der Waals surface area contributed by atoms with Gasteiger partial charge in [0.2, 0.25) is 5.75 Å². The Balaban J connectivity index is 1.65. The summed E-state index contributed by atoms with van der Waals surface area (Å²) in [5.74, 6) is -0.761. The number of nitrogens with one attached hydrogen (secondary N) is 1. The van der Waals surface area contributed by atoms with E-state index in [9.17, 15) is 18.0 Å². The summed E-state index contributed by atoms with van der Waals surface area (Å²) in [6.45, 7) is 2.69. The number of ether oxygens (including phenoxy) is 8. The number of unbranched alkanes of at least 4 members (excludes halogenated alkanes) is 2. The molecule has 0 aliphatic rings. The highest BCUT2D eigenvalue weighted by Gasteiger charge is 2.29. The van der Waals surface area contributed by atoms with Crippen LogP contribution in [0.1, 0.15) is 64.9 Å². The zero-order chi connectivity index (χ0) is 56.5. The zero-order valence-electron chi connectivity index (χ0n) is 42.2. The van der Waals surface area contributed by atoms with Gasteiger partial charge in [0.05, 0.1) is 49.0 Å². The van der Waals surface area contributed by atoms with Crippen LogP contribution in [0.5, 0.6) is 28.9 Å². The Kier molecular flexibility index (Phi) is 25.9. The van der Waals surface area contributed by atoms with Crippen molar-refractivity contribution >= 4 is 28.2 Å². The van der Waals surface area contributed by atoms with Gasteiger partial charge in [-0.2, -0.15) is 13.4 Å². The number of benzene rings is 2. The molecule has 33 heteroatoms. The first-order valence-electron chi connectivity index (χ1n) is 23.0. The Hall–Kier alpha value is -6.48. The van der Waals surface area contributed by atoms with Gasteiger partial charge in [-0.25, -0.2) is 38.9 Å². The molecule has 0 aliphatic heterocycles. The maximum Gasteiger partial charge on any atom is 0.508 e. The van der Waals surface area contributed by atoms with Crippen molar-refractivity contribution in [2.75, 3.05) is 58.6 Å². The fourth-order valence-corrected chi connectivity index (χ4v) is 7.29. The maximum absolute atomic E-state index is 14.1. The van der Waals surface area contributed by atoms with Crippen molar-refractivity contribution in [3.63, 3.8) is 0 Å². The molecule has 2 aromatic heterocycles. The number of aromatic nitrogens is 3. The second-order valence-electron chi connectivity index (χ2n) is 16.9. The van der Waals surface area contributed by atoms with E-state index in [0.29, 0.717) is 11.3 Å². The number of carbonyl (C=O) groups is 2. The zero-order valence-corrected chi connectivity index (χ0v) is 43.0. The number of methoxy groups -OCH3 is 2. The quantitative estimate of drug-likeness (QED) is 0.0155. The molecule has 9 N–H and O–H groups in total. The van der Waals surface area contributed by atoms with Crippen LogP contribution in [-0.2, 0) is 53.7 Å². The van der Waals surface area contributed by atoms with Crippen LogP contribution in [0.15, 0.2) is 71.9 Å². The van der Waals surface area contributed by atoms with Gasteiger partial charge < -0.3 is 37.9 Å². The summed E-state index contributed by atoms with van der Waals surface area (Å²) >= 11 is 0. The van der Waals surface area contributed by atoms with Crippen LogP contribution in [0.3, 0.4) is 0 Å². The predicted molar refractivity (Wildman–Crippen MR) is 251 cm³/mol. The lowest BCUT2D eigenvalue weighted by Crippen LogP contribution is -2.32. The molecule has 0 saturated heterocycles. The minimum absolute atomic E-state index is 0.0179. The van der Waals surface area contributed by atoms with Crippen LogP contribution in [0, 0.1) is 0 Å². The van der Waals surface area contributed by atoms with Crippen molar-refractivity contribution in [2.45, 2.75) is 88.0 Å². The number of rotatable bonds is 34. The summed E-state index contributed by atoms with van der Waals surface area (Å²) < 4.78 is 75.1. The summed E-state index contributed by atoms with van der Waals surface area (Å²) in [7, 11) is -1.74. The van der Waals surface area contributed by atoms with Gasteiger partial charge in [0.1, 0.15) is 44.4 Å². The molecule has 0 saturated carbocycles. The molecule has 2 heterocycles. The summed E-state index contributed by atoms with van der Waals surface area (Å²) in [6, 6.07) is 15.6. The molecule has 0 radical (unpaired) electrons. The number of pyridine rings is 1. The molecule has 4 aromatic rings. The van der Waals surface area contributed by atoms with Crippen molar-refractivity contribution in [1.82, 2.24) is 36.5 Å². The highest BCUT2D eigenvalue weighted by atomic mass is 32.2. The molecule has 0 aliphatic carbocycles. The minimum atomic E-state index is -4.56. The van der Waals surface area contributed by atoms with Gasteiger partial charge in [-0.05, 0) is 92.0 Å². The van der Waals surface area contributed by atoms with Crippen molar-refractivity contribution in [3.05, 3.63) is 72.4 Å². The Morgan fingerprint density at radius 2 is 1.23 bits per heavy atom. The Labute approximate surface area is 439 Å². The topological polar surface area (TPSA) is 405 Å². The third-order valence-corrected chi connectivity index (χ3v) is 11.4. The number of sulfonamides is 1. The summed E-state index contributed by atoms with van der Waals surface area (Å²) in [6.07, 6.45) is -4.18. The summed E-state index contributed by atoms with van der Waals surface area (Å²) in [5.41, 5.74) is 0.720. The number of para-hydroxylation sites is 2. The monoisotopic (exact) mass is 1120 g/mol. The van der Waals surface area contributed by atoms with Crippen LogP contribution in [0.4, 0.5) is 15.4 Å². The fourth-order valence-electron chi connectivity index (χ4n) is 6.35. The number of hydrogen-bond donors (Lipinski definition) is 9. The minimum Gasteiger partial charge on any atom is -0.497 e. The molecule has 3 atom stereocenters. The van der Waals surface area contributed by atoms with Gasteiger partial charge in [-0.3, -0.25) is 46.4 Å². The Bertz CT molecular complexity index is 2510. The van der Waals surface area contributed by atoms with E-state index in [2.05, 4.69) is 39.0 Å². The molecule has 428 valence electrons. The fraction of sp³-hybridized carbons (Fsp3) is 0.477. The molecule has 0 fully saturated rings. The van der Waals surface area contributed by atoms with E-state index < -0.39 is 106 Å². The van der Waals surface area contributed by atoms with Crippen molar-refractivity contribution in [1.29, 1.82) is 0 Å². The van der Waals surface area contributed by atoms with Gasteiger partial charge in [0, 0.05) is 11.8 Å². The smallest absolute Gasteiger partial charge is 0.497 e. The third-order valence-electron chi connectivity index (χ3n) is 10.1. The van der Waals surface area contributed by atoms with E-state index in [1.165, 1.54) is 32.5 Å². The lowest BCUT2D eigenvalue weighted by molar-refractivity contribution is -0.527. The molecule has 0 spiro atoms. The van der Waals surface area contributed by atoms with Crippen LogP contribution in [0.25, 0.3) is 11.4 Å². The van der Waals surface area contributed by atoms with Crippen LogP contribution >= 0.6 is 0 Å². The SMILES string of the molecule is COc1ccc(-c2nc(NS(=O)(=O)c3ccc(C(C)(C)C)cn3)c(Oc3ccccc3OC)c(OCC(COC(=O)OCCCCC(CON(O)O)ON(O)O)OC(=O)OCCCCC(CON(O)O)ON(O)O)n2)cc1. The number of hydrogen-bond acceptors (Lipinski definition) is 31. The summed E-state index contributed by atoms with van der Waals surface area (Å²) in [5, 5.41) is 68.6. The number of anilines is 1. The largest absolute Gasteiger partial charge is 0.508 e. The molecule has 0 amide bonds. The van der Waals surface area contributed by atoms with Crippen LogP contribution < -0.4 is 23.7 Å². The van der Waals surface area contributed by atoms with Gasteiger partial charge in [0.25, 0.3) is 15.9 Å². The standard InChI is InChI=1S/C44H62N8O24S/c1-44(2,3)30-18-21-37(45-24-30)77(63,64)48-40-38(74-36-15-7-6-14-35(36)66-5)41(47-39(46-40)29-16-19-31(65-4)20-17-29)69-25-34(73-43(54)68-23-11-9-13-33(76-52(61)62)28-72-50(57)58)26-70-42(53)67-22-10-8-12-32(75-51(59)60)27-71-49(55)56/h6-7,14-21,24,32-34,55-62H,8-13,22-23,25-28H2,1-5H3,(H,46,47,48). The van der Waals surface area contributed by atoms with E-state index in [4.69, 9.17) is 79.6 Å². The van der Waals surface area contributed by atoms with Crippen molar-refractivity contribution in [3.8, 4) is 40.3 Å². The molecular formula is C44H62N8O24S.